The van der Waals surface area contributed by atoms with Crippen LogP contribution in [0.2, 0.25) is 0 Å². The Morgan fingerprint density at radius 2 is 1.76 bits per heavy atom. The Morgan fingerprint density at radius 1 is 0.960 bits per heavy atom. The second-order valence-electron chi connectivity index (χ2n) is 5.59. The van der Waals surface area contributed by atoms with E-state index in [0.29, 0.717) is 17.3 Å². The molecule has 6 heteroatoms. The molecule has 0 unspecified atom stereocenters. The Hall–Kier alpha value is -3.72. The average Bonchev–Trinajstić information content (AvgIpc) is 3.04. The highest BCUT2D eigenvalue weighted by Gasteiger charge is 2.09. The third kappa shape index (κ3) is 2.91. The summed E-state index contributed by atoms with van der Waals surface area (Å²) in [7, 11) is 0. The van der Waals surface area contributed by atoms with Crippen LogP contribution in [0.1, 0.15) is 11.3 Å². The van der Waals surface area contributed by atoms with Crippen molar-refractivity contribution in [2.45, 2.75) is 6.92 Å². The summed E-state index contributed by atoms with van der Waals surface area (Å²) in [4.78, 5) is 8.91. The summed E-state index contributed by atoms with van der Waals surface area (Å²) in [5.74, 6) is 1.19. The highest BCUT2D eigenvalue weighted by molar-refractivity contribution is 5.65. The molecule has 0 amide bonds. The quantitative estimate of drug-likeness (QED) is 0.621. The molecule has 0 spiro atoms. The number of nitriles is 1. The Kier molecular flexibility index (Phi) is 3.60. The van der Waals surface area contributed by atoms with E-state index in [2.05, 4.69) is 26.5 Å². The molecule has 3 aromatic heterocycles. The van der Waals surface area contributed by atoms with Gasteiger partial charge in [-0.2, -0.15) is 10.2 Å². The van der Waals surface area contributed by atoms with Crippen molar-refractivity contribution in [1.29, 1.82) is 5.26 Å². The first-order valence-corrected chi connectivity index (χ1v) is 7.80. The van der Waals surface area contributed by atoms with Gasteiger partial charge < -0.3 is 5.32 Å². The summed E-state index contributed by atoms with van der Waals surface area (Å²) in [5.41, 5.74) is 4.15. The minimum Gasteiger partial charge on any atom is -0.307 e. The lowest BCUT2D eigenvalue weighted by Gasteiger charge is -2.04. The molecule has 0 fully saturated rings. The van der Waals surface area contributed by atoms with Crippen LogP contribution in [0.25, 0.3) is 16.9 Å². The number of rotatable bonds is 3. The van der Waals surface area contributed by atoms with Crippen molar-refractivity contribution >= 4 is 17.4 Å². The van der Waals surface area contributed by atoms with Gasteiger partial charge >= 0.3 is 0 Å². The Bertz CT molecular complexity index is 1090. The van der Waals surface area contributed by atoms with Gasteiger partial charge in [-0.3, -0.25) is 0 Å². The van der Waals surface area contributed by atoms with E-state index in [-0.39, 0.29) is 0 Å². The van der Waals surface area contributed by atoms with Crippen molar-refractivity contribution in [3.05, 3.63) is 71.9 Å². The lowest BCUT2D eigenvalue weighted by Crippen LogP contribution is -1.97. The van der Waals surface area contributed by atoms with Crippen LogP contribution in [-0.4, -0.2) is 19.6 Å². The first kappa shape index (κ1) is 14.8. The number of pyridine rings is 2. The number of aromatic nitrogens is 4. The lowest BCUT2D eigenvalue weighted by molar-refractivity contribution is 0.971. The first-order chi connectivity index (χ1) is 12.2. The van der Waals surface area contributed by atoms with Gasteiger partial charge in [-0.25, -0.2) is 9.50 Å². The van der Waals surface area contributed by atoms with Gasteiger partial charge in [0.05, 0.1) is 17.3 Å². The van der Waals surface area contributed by atoms with Gasteiger partial charge in [0, 0.05) is 11.3 Å². The van der Waals surface area contributed by atoms with Gasteiger partial charge in [0.15, 0.2) is 5.65 Å². The van der Waals surface area contributed by atoms with Crippen LogP contribution < -0.4 is 5.32 Å². The molecule has 3 heterocycles. The number of aryl methyl sites for hydroxylation is 1. The second-order valence-corrected chi connectivity index (χ2v) is 5.59. The molecule has 6 nitrogen and oxygen atoms in total. The predicted octanol–water partition coefficient (Wildman–Crippen LogP) is 3.72. The van der Waals surface area contributed by atoms with E-state index < -0.39 is 0 Å². The molecular formula is C19H14N6. The van der Waals surface area contributed by atoms with E-state index in [9.17, 15) is 0 Å². The van der Waals surface area contributed by atoms with Gasteiger partial charge in [-0.1, -0.05) is 24.3 Å². The Labute approximate surface area is 144 Å². The predicted molar refractivity (Wildman–Crippen MR) is 95.4 cm³/mol. The zero-order valence-corrected chi connectivity index (χ0v) is 13.5. The SMILES string of the molecule is Cc1cccc(Nc2nc3cccc(-c4ccc(C#N)cc4)n3n2)n1. The zero-order chi connectivity index (χ0) is 17.2. The maximum absolute atomic E-state index is 8.94. The molecule has 0 aliphatic carbocycles. The van der Waals surface area contributed by atoms with E-state index in [0.717, 1.165) is 22.6 Å². The van der Waals surface area contributed by atoms with Crippen molar-refractivity contribution in [2.75, 3.05) is 5.32 Å². The van der Waals surface area contributed by atoms with Crippen LogP contribution in [0.4, 0.5) is 11.8 Å². The normalized spacial score (nSPS) is 10.6. The number of benzene rings is 1. The molecule has 0 saturated carbocycles. The first-order valence-electron chi connectivity index (χ1n) is 7.80. The molecule has 0 radical (unpaired) electrons. The monoisotopic (exact) mass is 326 g/mol. The standard InChI is InChI=1S/C19H14N6/c1-13-4-2-6-17(21-13)22-19-23-18-7-3-5-16(25(18)24-19)15-10-8-14(12-20)9-11-15/h2-11H,1H3,(H,21,22,24). The van der Waals surface area contributed by atoms with Crippen LogP contribution in [0.5, 0.6) is 0 Å². The number of hydrogen-bond donors (Lipinski definition) is 1. The molecule has 4 rings (SSSR count). The fourth-order valence-corrected chi connectivity index (χ4v) is 2.62. The zero-order valence-electron chi connectivity index (χ0n) is 13.5. The molecule has 25 heavy (non-hydrogen) atoms. The molecule has 0 bridgehead atoms. The van der Waals surface area contributed by atoms with E-state index >= 15 is 0 Å². The van der Waals surface area contributed by atoms with Crippen LogP contribution >= 0.6 is 0 Å². The van der Waals surface area contributed by atoms with Crippen LogP contribution in [-0.2, 0) is 0 Å². The third-order valence-corrected chi connectivity index (χ3v) is 3.80. The third-order valence-electron chi connectivity index (χ3n) is 3.80. The molecule has 0 aliphatic rings. The number of anilines is 2. The van der Waals surface area contributed by atoms with Gasteiger partial charge in [0.25, 0.3) is 0 Å². The molecular weight excluding hydrogens is 312 g/mol. The maximum atomic E-state index is 8.94. The summed E-state index contributed by atoms with van der Waals surface area (Å²) in [5, 5.41) is 16.6. The van der Waals surface area contributed by atoms with Crippen LogP contribution in [0.15, 0.2) is 60.7 Å². The molecule has 1 N–H and O–H groups in total. The minimum absolute atomic E-state index is 0.485. The molecule has 0 aliphatic heterocycles. The summed E-state index contributed by atoms with van der Waals surface area (Å²) >= 11 is 0. The van der Waals surface area contributed by atoms with E-state index in [4.69, 9.17) is 5.26 Å². The number of nitrogens with zero attached hydrogens (tertiary/aromatic N) is 5. The molecule has 0 saturated heterocycles. The van der Waals surface area contributed by atoms with Gasteiger partial charge in [-0.15, -0.1) is 5.10 Å². The summed E-state index contributed by atoms with van der Waals surface area (Å²) < 4.78 is 1.78. The molecule has 120 valence electrons. The van der Waals surface area contributed by atoms with E-state index in [1.807, 2.05) is 55.5 Å². The minimum atomic E-state index is 0.485. The molecule has 4 aromatic rings. The van der Waals surface area contributed by atoms with Crippen molar-refractivity contribution < 1.29 is 0 Å². The highest BCUT2D eigenvalue weighted by Crippen LogP contribution is 2.22. The number of nitrogens with one attached hydrogen (secondary N) is 1. The highest BCUT2D eigenvalue weighted by atomic mass is 15.4. The topological polar surface area (TPSA) is 78.9 Å². The Morgan fingerprint density at radius 3 is 2.52 bits per heavy atom. The van der Waals surface area contributed by atoms with Crippen molar-refractivity contribution in [1.82, 2.24) is 19.6 Å². The van der Waals surface area contributed by atoms with Crippen molar-refractivity contribution in [3.63, 3.8) is 0 Å². The summed E-state index contributed by atoms with van der Waals surface area (Å²) in [6, 6.07) is 21.1. The molecule has 1 aromatic carbocycles. The fourth-order valence-electron chi connectivity index (χ4n) is 2.62. The van der Waals surface area contributed by atoms with Crippen LogP contribution in [0.3, 0.4) is 0 Å². The fraction of sp³-hybridized carbons (Fsp3) is 0.0526. The summed E-state index contributed by atoms with van der Waals surface area (Å²) in [6.07, 6.45) is 0. The largest absolute Gasteiger partial charge is 0.307 e. The average molecular weight is 326 g/mol. The second kappa shape index (κ2) is 6.06. The van der Waals surface area contributed by atoms with Gasteiger partial charge in [0.1, 0.15) is 5.82 Å². The van der Waals surface area contributed by atoms with Gasteiger partial charge in [0.2, 0.25) is 5.95 Å². The smallest absolute Gasteiger partial charge is 0.248 e. The van der Waals surface area contributed by atoms with E-state index in [1.165, 1.54) is 0 Å². The van der Waals surface area contributed by atoms with Crippen LogP contribution in [0, 0.1) is 18.3 Å². The maximum Gasteiger partial charge on any atom is 0.248 e. The Balaban J connectivity index is 1.74. The van der Waals surface area contributed by atoms with Gasteiger partial charge in [-0.05, 0) is 43.3 Å². The van der Waals surface area contributed by atoms with Crippen molar-refractivity contribution in [3.8, 4) is 17.3 Å². The van der Waals surface area contributed by atoms with E-state index in [1.54, 1.807) is 16.6 Å². The lowest BCUT2D eigenvalue weighted by atomic mass is 10.1. The summed E-state index contributed by atoms with van der Waals surface area (Å²) in [6.45, 7) is 1.94. The van der Waals surface area contributed by atoms with Crippen molar-refractivity contribution in [2.24, 2.45) is 0 Å². The molecule has 0 atom stereocenters. The number of hydrogen-bond acceptors (Lipinski definition) is 5. The number of fused-ring (bicyclic) bond motifs is 1.